The second-order valence-electron chi connectivity index (χ2n) is 3.05. The number of fused-ring (bicyclic) bond motifs is 3. The lowest BCUT2D eigenvalue weighted by Gasteiger charge is -1.84. The van der Waals surface area contributed by atoms with Crippen LogP contribution in [0.3, 0.4) is 0 Å². The predicted molar refractivity (Wildman–Crippen MR) is 52.3 cm³/mol. The van der Waals surface area contributed by atoms with Gasteiger partial charge in [-0.2, -0.15) is 0 Å². The Labute approximate surface area is 78.6 Å². The third-order valence-corrected chi connectivity index (χ3v) is 2.15. The minimum atomic E-state index is -0.357. The topological polar surface area (TPSA) is 43.4 Å². The van der Waals surface area contributed by atoms with E-state index in [9.17, 15) is 4.79 Å². The molecule has 0 radical (unpaired) electrons. The quantitative estimate of drug-likeness (QED) is 0.541. The minimum Gasteiger partial charge on any atom is -0.453 e. The van der Waals surface area contributed by atoms with Crippen LogP contribution in [0.25, 0.3) is 22.1 Å². The molecule has 0 atom stereocenters. The zero-order chi connectivity index (χ0) is 9.54. The number of benzene rings is 1. The van der Waals surface area contributed by atoms with Gasteiger partial charge in [0.2, 0.25) is 0 Å². The van der Waals surface area contributed by atoms with E-state index in [1.54, 1.807) is 6.07 Å². The van der Waals surface area contributed by atoms with Crippen molar-refractivity contribution in [2.24, 2.45) is 0 Å². The van der Waals surface area contributed by atoms with Gasteiger partial charge in [-0.1, -0.05) is 12.1 Å². The molecule has 3 aromatic rings. The summed E-state index contributed by atoms with van der Waals surface area (Å²) in [5, 5.41) is 0.834. The highest BCUT2D eigenvalue weighted by Crippen LogP contribution is 2.26. The molecule has 0 N–H and O–H groups in total. The Morgan fingerprint density at radius 1 is 0.857 bits per heavy atom. The van der Waals surface area contributed by atoms with Crippen LogP contribution in [0.2, 0.25) is 0 Å². The lowest BCUT2D eigenvalue weighted by molar-refractivity contribution is 0.555. The normalized spacial score (nSPS) is 11.1. The Morgan fingerprint density at radius 2 is 1.71 bits per heavy atom. The van der Waals surface area contributed by atoms with Gasteiger partial charge in [0.1, 0.15) is 5.58 Å². The van der Waals surface area contributed by atoms with Crippen molar-refractivity contribution in [2.45, 2.75) is 0 Å². The molecule has 0 saturated heterocycles. The molecule has 0 fully saturated rings. The molecule has 2 aromatic heterocycles. The highest BCUT2D eigenvalue weighted by Gasteiger charge is 2.07. The first-order valence-electron chi connectivity index (χ1n) is 4.26. The molecule has 0 bridgehead atoms. The standard InChI is InChI=1S/C11H6O3/c12-10-6-5-9-11(14-10)7-3-1-2-4-8(7)13-9/h1-6H. The first kappa shape index (κ1) is 7.38. The van der Waals surface area contributed by atoms with E-state index in [0.717, 1.165) is 11.0 Å². The van der Waals surface area contributed by atoms with Crippen molar-refractivity contribution in [2.75, 3.05) is 0 Å². The lowest BCUT2D eigenvalue weighted by atomic mass is 10.2. The molecule has 3 rings (SSSR count). The summed E-state index contributed by atoms with van der Waals surface area (Å²) in [4.78, 5) is 11.0. The SMILES string of the molecule is O=c1ccc2oc3ccccc3c2o1. The molecule has 0 amide bonds. The summed E-state index contributed by atoms with van der Waals surface area (Å²) in [6, 6.07) is 10.4. The van der Waals surface area contributed by atoms with Gasteiger partial charge in [-0.15, -0.1) is 0 Å². The van der Waals surface area contributed by atoms with E-state index >= 15 is 0 Å². The number of hydrogen-bond donors (Lipinski definition) is 0. The summed E-state index contributed by atoms with van der Waals surface area (Å²) in [6.45, 7) is 0. The third kappa shape index (κ3) is 0.893. The van der Waals surface area contributed by atoms with Crippen LogP contribution in [0.4, 0.5) is 0 Å². The summed E-state index contributed by atoms with van der Waals surface area (Å²) < 4.78 is 10.5. The average molecular weight is 186 g/mol. The molecule has 3 nitrogen and oxygen atoms in total. The molecule has 0 aliphatic heterocycles. The highest BCUT2D eigenvalue weighted by molar-refractivity contribution is 6.00. The maximum atomic E-state index is 11.0. The largest absolute Gasteiger partial charge is 0.453 e. The smallest absolute Gasteiger partial charge is 0.336 e. The predicted octanol–water partition coefficient (Wildman–Crippen LogP) is 2.54. The van der Waals surface area contributed by atoms with E-state index in [0.29, 0.717) is 11.2 Å². The van der Waals surface area contributed by atoms with E-state index in [1.165, 1.54) is 6.07 Å². The Kier molecular flexibility index (Phi) is 1.31. The number of rotatable bonds is 0. The van der Waals surface area contributed by atoms with Gasteiger partial charge in [0.05, 0.1) is 5.39 Å². The van der Waals surface area contributed by atoms with E-state index < -0.39 is 0 Å². The third-order valence-electron chi connectivity index (χ3n) is 2.15. The molecule has 3 heteroatoms. The molecule has 0 spiro atoms. The summed E-state index contributed by atoms with van der Waals surface area (Å²) in [5.74, 6) is 0. The Balaban J connectivity index is 2.65. The van der Waals surface area contributed by atoms with Crippen LogP contribution in [0.15, 0.2) is 50.0 Å². The number of furan rings is 1. The van der Waals surface area contributed by atoms with Gasteiger partial charge >= 0.3 is 5.63 Å². The van der Waals surface area contributed by atoms with Crippen molar-refractivity contribution in [1.82, 2.24) is 0 Å². The van der Waals surface area contributed by atoms with Gasteiger partial charge in [0, 0.05) is 6.07 Å². The molecule has 0 aliphatic carbocycles. The van der Waals surface area contributed by atoms with Crippen molar-refractivity contribution in [3.8, 4) is 0 Å². The monoisotopic (exact) mass is 186 g/mol. The summed E-state index contributed by atoms with van der Waals surface area (Å²) in [5.41, 5.74) is 1.50. The molecule has 1 aromatic carbocycles. The molecule has 0 unspecified atom stereocenters. The lowest BCUT2D eigenvalue weighted by Crippen LogP contribution is -1.92. The fourth-order valence-corrected chi connectivity index (χ4v) is 1.53. The van der Waals surface area contributed by atoms with E-state index in [1.807, 2.05) is 24.3 Å². The van der Waals surface area contributed by atoms with Crippen molar-refractivity contribution in [1.29, 1.82) is 0 Å². The van der Waals surface area contributed by atoms with Crippen LogP contribution in [0.5, 0.6) is 0 Å². The van der Waals surface area contributed by atoms with Crippen molar-refractivity contribution < 1.29 is 8.83 Å². The average Bonchev–Trinajstić information content (AvgIpc) is 2.56. The molecule has 0 saturated carbocycles. The van der Waals surface area contributed by atoms with Crippen LogP contribution in [0, 0.1) is 0 Å². The summed E-state index contributed by atoms with van der Waals surface area (Å²) >= 11 is 0. The summed E-state index contributed by atoms with van der Waals surface area (Å²) in [7, 11) is 0. The first-order chi connectivity index (χ1) is 6.84. The molecule has 14 heavy (non-hydrogen) atoms. The van der Waals surface area contributed by atoms with E-state index in [2.05, 4.69) is 0 Å². The van der Waals surface area contributed by atoms with Crippen LogP contribution >= 0.6 is 0 Å². The zero-order valence-electron chi connectivity index (χ0n) is 7.19. The molecule has 2 heterocycles. The molecule has 68 valence electrons. The zero-order valence-corrected chi connectivity index (χ0v) is 7.19. The fourth-order valence-electron chi connectivity index (χ4n) is 1.53. The van der Waals surface area contributed by atoms with Crippen molar-refractivity contribution in [3.05, 3.63) is 46.8 Å². The van der Waals surface area contributed by atoms with Gasteiger partial charge in [-0.25, -0.2) is 4.79 Å². The van der Waals surface area contributed by atoms with Crippen LogP contribution in [-0.4, -0.2) is 0 Å². The van der Waals surface area contributed by atoms with Crippen LogP contribution < -0.4 is 5.63 Å². The maximum Gasteiger partial charge on any atom is 0.336 e. The fraction of sp³-hybridized carbons (Fsp3) is 0. The minimum absolute atomic E-state index is 0.357. The molecular formula is C11H6O3. The molecule has 0 aliphatic rings. The number of para-hydroxylation sites is 1. The Bertz CT molecular complexity index is 661. The van der Waals surface area contributed by atoms with Crippen LogP contribution in [0.1, 0.15) is 0 Å². The van der Waals surface area contributed by atoms with Gasteiger partial charge in [0.15, 0.2) is 11.2 Å². The van der Waals surface area contributed by atoms with E-state index in [-0.39, 0.29) is 5.63 Å². The van der Waals surface area contributed by atoms with E-state index in [4.69, 9.17) is 8.83 Å². The highest BCUT2D eigenvalue weighted by atomic mass is 16.4. The van der Waals surface area contributed by atoms with Crippen molar-refractivity contribution >= 4 is 22.1 Å². The van der Waals surface area contributed by atoms with Gasteiger partial charge < -0.3 is 8.83 Å². The van der Waals surface area contributed by atoms with Gasteiger partial charge in [-0.05, 0) is 18.2 Å². The maximum absolute atomic E-state index is 11.0. The molecular weight excluding hydrogens is 180 g/mol. The Morgan fingerprint density at radius 3 is 2.64 bits per heavy atom. The van der Waals surface area contributed by atoms with Crippen molar-refractivity contribution in [3.63, 3.8) is 0 Å². The first-order valence-corrected chi connectivity index (χ1v) is 4.26. The Hall–Kier alpha value is -2.03. The summed E-state index contributed by atoms with van der Waals surface area (Å²) in [6.07, 6.45) is 0. The second kappa shape index (κ2) is 2.48. The van der Waals surface area contributed by atoms with Gasteiger partial charge in [-0.3, -0.25) is 0 Å². The van der Waals surface area contributed by atoms with Crippen LogP contribution in [-0.2, 0) is 0 Å². The van der Waals surface area contributed by atoms with Gasteiger partial charge in [0.25, 0.3) is 0 Å². The number of hydrogen-bond acceptors (Lipinski definition) is 3. The second-order valence-corrected chi connectivity index (χ2v) is 3.05.